The number of hydrogen-bond acceptors (Lipinski definition) is 4. The van der Waals surface area contributed by atoms with Crippen molar-refractivity contribution < 1.29 is 24.2 Å². The molecule has 0 bridgehead atoms. The fraction of sp³-hybridized carbons (Fsp3) is 0.615. The number of hydrogen-bond donors (Lipinski definition) is 3. The van der Waals surface area contributed by atoms with Crippen LogP contribution >= 0.6 is 0 Å². The van der Waals surface area contributed by atoms with E-state index in [1.165, 1.54) is 0 Å². The summed E-state index contributed by atoms with van der Waals surface area (Å²) in [7, 11) is 0. The number of rotatable bonds is 7. The van der Waals surface area contributed by atoms with Crippen LogP contribution in [0.15, 0.2) is 12.2 Å². The van der Waals surface area contributed by atoms with Gasteiger partial charge in [-0.3, -0.25) is 9.59 Å². The molecule has 1 aliphatic carbocycles. The first-order valence-electron chi connectivity index (χ1n) is 6.64. The number of nitrogens with one attached hydrogen (secondary N) is 2. The Bertz CT molecular complexity index is 394. The summed E-state index contributed by atoms with van der Waals surface area (Å²) < 4.78 is 4.76. The predicted molar refractivity (Wildman–Crippen MR) is 71.1 cm³/mol. The smallest absolute Gasteiger partial charge is 0.315 e. The van der Waals surface area contributed by atoms with Gasteiger partial charge in [0.1, 0.15) is 0 Å². The molecule has 0 aromatic carbocycles. The molecule has 0 spiro atoms. The largest absolute Gasteiger partial charge is 0.481 e. The fourth-order valence-corrected chi connectivity index (χ4v) is 1.88. The van der Waals surface area contributed by atoms with Crippen LogP contribution < -0.4 is 10.6 Å². The van der Waals surface area contributed by atoms with E-state index in [-0.39, 0.29) is 24.5 Å². The Hall–Kier alpha value is -2.05. The Labute approximate surface area is 117 Å². The highest BCUT2D eigenvalue weighted by molar-refractivity contribution is 5.76. The Morgan fingerprint density at radius 1 is 1.35 bits per heavy atom. The average Bonchev–Trinajstić information content (AvgIpc) is 2.83. The molecular weight excluding hydrogens is 264 g/mol. The van der Waals surface area contributed by atoms with Crippen molar-refractivity contribution in [1.82, 2.24) is 10.6 Å². The van der Waals surface area contributed by atoms with Crippen LogP contribution in [0.25, 0.3) is 0 Å². The summed E-state index contributed by atoms with van der Waals surface area (Å²) in [4.78, 5) is 33.3. The number of carboxylic acid groups (broad SMARTS) is 1. The lowest BCUT2D eigenvalue weighted by atomic mass is 10.1. The second-order valence-electron chi connectivity index (χ2n) is 4.48. The molecule has 7 nitrogen and oxygen atoms in total. The standard InChI is InChI=1S/C13H20N2O5/c1-2-20-11(16)4-3-7-14-13(19)15-10-6-5-9(8-10)12(17)18/h5-6,9-10H,2-4,7-8H2,1H3,(H,17,18)(H2,14,15,19). The van der Waals surface area contributed by atoms with Crippen LogP contribution in [0.5, 0.6) is 0 Å². The molecule has 0 fully saturated rings. The van der Waals surface area contributed by atoms with Crippen LogP contribution in [-0.4, -0.2) is 42.3 Å². The molecule has 1 aliphatic rings. The summed E-state index contributed by atoms with van der Waals surface area (Å²) in [5.74, 6) is -1.71. The van der Waals surface area contributed by atoms with Crippen LogP contribution in [0.1, 0.15) is 26.2 Å². The monoisotopic (exact) mass is 284 g/mol. The molecule has 7 heteroatoms. The topological polar surface area (TPSA) is 105 Å². The third-order valence-corrected chi connectivity index (χ3v) is 2.87. The first-order valence-corrected chi connectivity index (χ1v) is 6.64. The van der Waals surface area contributed by atoms with E-state index in [0.717, 1.165) is 0 Å². The number of carbonyl (C=O) groups excluding carboxylic acids is 2. The first-order chi connectivity index (χ1) is 9.52. The molecule has 20 heavy (non-hydrogen) atoms. The molecule has 1 rings (SSSR count). The van der Waals surface area contributed by atoms with Crippen molar-refractivity contribution in [3.05, 3.63) is 12.2 Å². The fourth-order valence-electron chi connectivity index (χ4n) is 1.88. The average molecular weight is 284 g/mol. The summed E-state index contributed by atoms with van der Waals surface area (Å²) >= 11 is 0. The molecule has 112 valence electrons. The summed E-state index contributed by atoms with van der Waals surface area (Å²) in [5.41, 5.74) is 0. The van der Waals surface area contributed by atoms with E-state index in [4.69, 9.17) is 9.84 Å². The van der Waals surface area contributed by atoms with Crippen LogP contribution in [-0.2, 0) is 14.3 Å². The normalized spacial score (nSPS) is 20.4. The van der Waals surface area contributed by atoms with Crippen molar-refractivity contribution in [2.45, 2.75) is 32.2 Å². The molecule has 2 unspecified atom stereocenters. The van der Waals surface area contributed by atoms with Crippen LogP contribution in [0, 0.1) is 5.92 Å². The Morgan fingerprint density at radius 3 is 2.70 bits per heavy atom. The van der Waals surface area contributed by atoms with E-state index in [9.17, 15) is 14.4 Å². The number of carbonyl (C=O) groups is 3. The SMILES string of the molecule is CCOC(=O)CCCNC(=O)NC1C=CC(C(=O)O)C1. The highest BCUT2D eigenvalue weighted by atomic mass is 16.5. The minimum atomic E-state index is -0.889. The number of ether oxygens (including phenoxy) is 1. The molecule has 0 saturated carbocycles. The predicted octanol–water partition coefficient (Wildman–Crippen LogP) is 0.658. The third-order valence-electron chi connectivity index (χ3n) is 2.87. The van der Waals surface area contributed by atoms with Crippen LogP contribution in [0.3, 0.4) is 0 Å². The molecule has 0 heterocycles. The number of carboxylic acids is 1. The van der Waals surface area contributed by atoms with E-state index >= 15 is 0 Å². The van der Waals surface area contributed by atoms with Gasteiger partial charge in [-0.25, -0.2) is 4.79 Å². The maximum absolute atomic E-state index is 11.5. The molecule has 0 aliphatic heterocycles. The molecule has 0 saturated heterocycles. The highest BCUT2D eigenvalue weighted by Gasteiger charge is 2.25. The summed E-state index contributed by atoms with van der Waals surface area (Å²) in [6.45, 7) is 2.46. The lowest BCUT2D eigenvalue weighted by Crippen LogP contribution is -2.41. The van der Waals surface area contributed by atoms with Gasteiger partial charge in [-0.05, 0) is 19.8 Å². The van der Waals surface area contributed by atoms with Gasteiger partial charge in [-0.15, -0.1) is 0 Å². The van der Waals surface area contributed by atoms with Gasteiger partial charge in [0, 0.05) is 13.0 Å². The van der Waals surface area contributed by atoms with Crippen molar-refractivity contribution in [3.8, 4) is 0 Å². The summed E-state index contributed by atoms with van der Waals surface area (Å²) in [6.07, 6.45) is 4.39. The minimum Gasteiger partial charge on any atom is -0.481 e. The molecule has 0 aromatic rings. The molecule has 2 amide bonds. The summed E-state index contributed by atoms with van der Waals surface area (Å²) in [6, 6.07) is -0.629. The van der Waals surface area contributed by atoms with Gasteiger partial charge in [0.25, 0.3) is 0 Å². The van der Waals surface area contributed by atoms with E-state index in [1.54, 1.807) is 19.1 Å². The Kier molecular flexibility index (Phi) is 6.55. The van der Waals surface area contributed by atoms with E-state index in [1.807, 2.05) is 0 Å². The van der Waals surface area contributed by atoms with E-state index in [0.29, 0.717) is 26.0 Å². The number of aliphatic carboxylic acids is 1. The number of esters is 1. The molecular formula is C13H20N2O5. The Balaban J connectivity index is 2.11. The maximum Gasteiger partial charge on any atom is 0.315 e. The van der Waals surface area contributed by atoms with Gasteiger partial charge in [0.05, 0.1) is 18.6 Å². The number of amides is 2. The first kappa shape index (κ1) is 16.0. The van der Waals surface area contributed by atoms with Crippen LogP contribution in [0.2, 0.25) is 0 Å². The van der Waals surface area contributed by atoms with Gasteiger partial charge in [0.2, 0.25) is 0 Å². The molecule has 0 aromatic heterocycles. The lowest BCUT2D eigenvalue weighted by Gasteiger charge is -2.13. The van der Waals surface area contributed by atoms with Gasteiger partial charge in [-0.1, -0.05) is 12.2 Å². The zero-order chi connectivity index (χ0) is 15.0. The van der Waals surface area contributed by atoms with Crippen molar-refractivity contribution >= 4 is 18.0 Å². The van der Waals surface area contributed by atoms with Crippen molar-refractivity contribution in [2.75, 3.05) is 13.2 Å². The van der Waals surface area contributed by atoms with Crippen molar-refractivity contribution in [1.29, 1.82) is 0 Å². The molecule has 2 atom stereocenters. The van der Waals surface area contributed by atoms with Gasteiger partial charge >= 0.3 is 18.0 Å². The lowest BCUT2D eigenvalue weighted by molar-refractivity contribution is -0.143. The zero-order valence-corrected chi connectivity index (χ0v) is 11.4. The number of urea groups is 1. The Morgan fingerprint density at radius 2 is 2.10 bits per heavy atom. The van der Waals surface area contributed by atoms with Gasteiger partial charge < -0.3 is 20.5 Å². The second-order valence-corrected chi connectivity index (χ2v) is 4.48. The third kappa shape index (κ3) is 5.73. The summed E-state index contributed by atoms with van der Waals surface area (Å²) in [5, 5.41) is 14.1. The van der Waals surface area contributed by atoms with Gasteiger partial charge in [0.15, 0.2) is 0 Å². The van der Waals surface area contributed by atoms with E-state index < -0.39 is 11.9 Å². The van der Waals surface area contributed by atoms with Crippen molar-refractivity contribution in [2.24, 2.45) is 5.92 Å². The quantitative estimate of drug-likeness (QED) is 0.362. The van der Waals surface area contributed by atoms with Crippen LogP contribution in [0.4, 0.5) is 4.79 Å². The second kappa shape index (κ2) is 8.19. The van der Waals surface area contributed by atoms with Gasteiger partial charge in [-0.2, -0.15) is 0 Å². The van der Waals surface area contributed by atoms with E-state index in [2.05, 4.69) is 10.6 Å². The minimum absolute atomic E-state index is 0.262. The van der Waals surface area contributed by atoms with Crippen molar-refractivity contribution in [3.63, 3.8) is 0 Å². The molecule has 3 N–H and O–H groups in total. The zero-order valence-electron chi connectivity index (χ0n) is 11.4. The highest BCUT2D eigenvalue weighted by Crippen LogP contribution is 2.17. The molecule has 0 radical (unpaired) electrons. The maximum atomic E-state index is 11.5.